The molecule has 0 atom stereocenters. The minimum absolute atomic E-state index is 0.0195. The van der Waals surface area contributed by atoms with Crippen LogP contribution in [-0.2, 0) is 14.8 Å². The lowest BCUT2D eigenvalue weighted by molar-refractivity contribution is -0.116. The molecule has 0 saturated heterocycles. The van der Waals surface area contributed by atoms with Crippen molar-refractivity contribution in [2.45, 2.75) is 6.42 Å². The SMILES string of the molecule is C=CCN(CCC(=O)Nc1ccc(F)c(F)c1F)S(C)(=O)=O. The molecule has 1 rings (SSSR count). The lowest BCUT2D eigenvalue weighted by Gasteiger charge is -2.17. The summed E-state index contributed by atoms with van der Waals surface area (Å²) in [6.45, 7) is 3.27. The van der Waals surface area contributed by atoms with Crippen LogP contribution >= 0.6 is 0 Å². The molecule has 0 aliphatic rings. The van der Waals surface area contributed by atoms with Crippen molar-refractivity contribution in [2.24, 2.45) is 0 Å². The number of anilines is 1. The van der Waals surface area contributed by atoms with Crippen LogP contribution in [0.15, 0.2) is 24.8 Å². The molecule has 0 fully saturated rings. The molecule has 0 saturated carbocycles. The minimum atomic E-state index is -3.52. The fourth-order valence-electron chi connectivity index (χ4n) is 1.60. The van der Waals surface area contributed by atoms with Crippen molar-refractivity contribution in [1.82, 2.24) is 4.31 Å². The van der Waals surface area contributed by atoms with Gasteiger partial charge in [-0.3, -0.25) is 4.79 Å². The Hall–Kier alpha value is -1.87. The van der Waals surface area contributed by atoms with Gasteiger partial charge in [-0.25, -0.2) is 21.6 Å². The molecule has 0 aliphatic carbocycles. The topological polar surface area (TPSA) is 66.5 Å². The molecule has 1 N–H and O–H groups in total. The number of rotatable bonds is 7. The number of hydrogen-bond donors (Lipinski definition) is 1. The first kappa shape index (κ1) is 18.2. The van der Waals surface area contributed by atoms with Gasteiger partial charge in [0.1, 0.15) is 0 Å². The number of nitrogens with one attached hydrogen (secondary N) is 1. The third-order valence-corrected chi connectivity index (χ3v) is 3.97. The first-order chi connectivity index (χ1) is 10.2. The second-order valence-corrected chi connectivity index (χ2v) is 6.41. The molecule has 122 valence electrons. The third-order valence-electron chi connectivity index (χ3n) is 2.70. The summed E-state index contributed by atoms with van der Waals surface area (Å²) in [5.74, 6) is -5.31. The van der Waals surface area contributed by atoms with E-state index in [-0.39, 0.29) is 19.5 Å². The smallest absolute Gasteiger partial charge is 0.225 e. The van der Waals surface area contributed by atoms with E-state index in [1.165, 1.54) is 6.08 Å². The van der Waals surface area contributed by atoms with Crippen LogP contribution in [0.3, 0.4) is 0 Å². The zero-order valence-electron chi connectivity index (χ0n) is 11.8. The molecule has 1 amide bonds. The molecule has 0 heterocycles. The van der Waals surface area contributed by atoms with Crippen LogP contribution in [0.1, 0.15) is 6.42 Å². The average molecular weight is 336 g/mol. The van der Waals surface area contributed by atoms with E-state index in [4.69, 9.17) is 0 Å². The van der Waals surface area contributed by atoms with E-state index in [9.17, 15) is 26.4 Å². The monoisotopic (exact) mass is 336 g/mol. The van der Waals surface area contributed by atoms with E-state index in [2.05, 4.69) is 11.9 Å². The number of hydrogen-bond acceptors (Lipinski definition) is 3. The Morgan fingerprint density at radius 2 is 1.95 bits per heavy atom. The highest BCUT2D eigenvalue weighted by molar-refractivity contribution is 7.88. The van der Waals surface area contributed by atoms with Gasteiger partial charge in [-0.15, -0.1) is 6.58 Å². The van der Waals surface area contributed by atoms with Crippen molar-refractivity contribution in [3.05, 3.63) is 42.2 Å². The first-order valence-electron chi connectivity index (χ1n) is 6.16. The molecule has 0 unspecified atom stereocenters. The highest BCUT2D eigenvalue weighted by atomic mass is 32.2. The maximum Gasteiger partial charge on any atom is 0.225 e. The molecule has 0 spiro atoms. The predicted octanol–water partition coefficient (Wildman–Crippen LogP) is 1.88. The highest BCUT2D eigenvalue weighted by Crippen LogP contribution is 2.19. The molecule has 0 aliphatic heterocycles. The van der Waals surface area contributed by atoms with E-state index in [1.54, 1.807) is 0 Å². The van der Waals surface area contributed by atoms with E-state index in [0.717, 1.165) is 16.6 Å². The lowest BCUT2D eigenvalue weighted by Crippen LogP contribution is -2.33. The Balaban J connectivity index is 2.71. The summed E-state index contributed by atoms with van der Waals surface area (Å²) >= 11 is 0. The predicted molar refractivity (Wildman–Crippen MR) is 76.2 cm³/mol. The molecule has 22 heavy (non-hydrogen) atoms. The van der Waals surface area contributed by atoms with Crippen molar-refractivity contribution in [2.75, 3.05) is 24.7 Å². The van der Waals surface area contributed by atoms with Crippen LogP contribution in [0.5, 0.6) is 0 Å². The van der Waals surface area contributed by atoms with E-state index in [0.29, 0.717) is 6.07 Å². The Kier molecular flexibility index (Phi) is 6.12. The zero-order chi connectivity index (χ0) is 16.9. The molecule has 1 aromatic rings. The van der Waals surface area contributed by atoms with Gasteiger partial charge >= 0.3 is 0 Å². The fourth-order valence-corrected chi connectivity index (χ4v) is 2.40. The van der Waals surface area contributed by atoms with E-state index >= 15 is 0 Å². The van der Waals surface area contributed by atoms with Crippen LogP contribution < -0.4 is 5.32 Å². The second-order valence-electron chi connectivity index (χ2n) is 4.43. The largest absolute Gasteiger partial charge is 0.323 e. The van der Waals surface area contributed by atoms with Crippen LogP contribution in [0.4, 0.5) is 18.9 Å². The molecule has 5 nitrogen and oxygen atoms in total. The second kappa shape index (κ2) is 7.41. The summed E-state index contributed by atoms with van der Waals surface area (Å²) in [5.41, 5.74) is -0.515. The molecular weight excluding hydrogens is 321 g/mol. The fraction of sp³-hybridized carbons (Fsp3) is 0.308. The van der Waals surface area contributed by atoms with Crippen LogP contribution in [0.2, 0.25) is 0 Å². The van der Waals surface area contributed by atoms with Gasteiger partial charge in [-0.1, -0.05) is 6.08 Å². The van der Waals surface area contributed by atoms with Crippen molar-refractivity contribution in [1.29, 1.82) is 0 Å². The lowest BCUT2D eigenvalue weighted by atomic mass is 10.2. The summed E-state index contributed by atoms with van der Waals surface area (Å²) in [4.78, 5) is 11.7. The van der Waals surface area contributed by atoms with Crippen molar-refractivity contribution < 1.29 is 26.4 Å². The van der Waals surface area contributed by atoms with Gasteiger partial charge in [0.2, 0.25) is 15.9 Å². The molecule has 0 aromatic heterocycles. The molecule has 9 heteroatoms. The number of carbonyl (C=O) groups excluding carboxylic acids is 1. The van der Waals surface area contributed by atoms with Crippen LogP contribution in [0.25, 0.3) is 0 Å². The number of carbonyl (C=O) groups is 1. The quantitative estimate of drug-likeness (QED) is 0.611. The number of sulfonamides is 1. The Labute approximate surface area is 126 Å². The van der Waals surface area contributed by atoms with Gasteiger partial charge in [0, 0.05) is 19.5 Å². The zero-order valence-corrected chi connectivity index (χ0v) is 12.6. The van der Waals surface area contributed by atoms with Gasteiger partial charge < -0.3 is 5.32 Å². The Morgan fingerprint density at radius 1 is 1.32 bits per heavy atom. The summed E-state index contributed by atoms with van der Waals surface area (Å²) in [6.07, 6.45) is 2.05. The van der Waals surface area contributed by atoms with Gasteiger partial charge in [-0.2, -0.15) is 4.31 Å². The molecule has 0 bridgehead atoms. The summed E-state index contributed by atoms with van der Waals surface area (Å²) in [7, 11) is -3.52. The normalized spacial score (nSPS) is 11.5. The van der Waals surface area contributed by atoms with Gasteiger partial charge in [0.25, 0.3) is 0 Å². The summed E-state index contributed by atoms with van der Waals surface area (Å²) < 4.78 is 63.0. The first-order valence-corrected chi connectivity index (χ1v) is 8.01. The summed E-state index contributed by atoms with van der Waals surface area (Å²) in [5, 5.41) is 2.06. The van der Waals surface area contributed by atoms with E-state index < -0.39 is 39.1 Å². The average Bonchev–Trinajstić information content (AvgIpc) is 2.43. The van der Waals surface area contributed by atoms with Crippen LogP contribution in [-0.4, -0.2) is 38.0 Å². The maximum absolute atomic E-state index is 13.4. The molecule has 1 aromatic carbocycles. The van der Waals surface area contributed by atoms with E-state index in [1.807, 2.05) is 0 Å². The van der Waals surface area contributed by atoms with Gasteiger partial charge in [0.15, 0.2) is 17.5 Å². The maximum atomic E-state index is 13.4. The Morgan fingerprint density at radius 3 is 2.50 bits per heavy atom. The van der Waals surface area contributed by atoms with Crippen molar-refractivity contribution >= 4 is 21.6 Å². The van der Waals surface area contributed by atoms with Crippen molar-refractivity contribution in [3.8, 4) is 0 Å². The standard InChI is InChI=1S/C13H15F3N2O3S/c1-3-7-18(22(2,20)21)8-6-11(19)17-10-5-4-9(14)12(15)13(10)16/h3-5H,1,6-8H2,2H3,(H,17,19). The van der Waals surface area contributed by atoms with Gasteiger partial charge in [0.05, 0.1) is 11.9 Å². The van der Waals surface area contributed by atoms with Gasteiger partial charge in [-0.05, 0) is 12.1 Å². The number of amides is 1. The highest BCUT2D eigenvalue weighted by Gasteiger charge is 2.18. The Bertz CT molecular complexity index is 677. The molecule has 0 radical (unpaired) electrons. The number of halogens is 3. The summed E-state index contributed by atoms with van der Waals surface area (Å²) in [6, 6.07) is 1.55. The minimum Gasteiger partial charge on any atom is -0.323 e. The number of nitrogens with zero attached hydrogens (tertiary/aromatic N) is 1. The van der Waals surface area contributed by atoms with Crippen LogP contribution in [0, 0.1) is 17.5 Å². The molecular formula is C13H15F3N2O3S. The van der Waals surface area contributed by atoms with Crippen molar-refractivity contribution in [3.63, 3.8) is 0 Å². The number of benzene rings is 1. The third kappa shape index (κ3) is 4.85.